The molecule has 164 valence electrons. The van der Waals surface area contributed by atoms with Crippen molar-refractivity contribution in [3.8, 4) is 17.7 Å². The predicted octanol–water partition coefficient (Wildman–Crippen LogP) is 5.08. The fourth-order valence-electron chi connectivity index (χ4n) is 3.16. The van der Waals surface area contributed by atoms with Gasteiger partial charge < -0.3 is 20.4 Å². The van der Waals surface area contributed by atoms with Gasteiger partial charge in [0.2, 0.25) is 11.8 Å². The first-order chi connectivity index (χ1) is 15.9. The number of aromatic nitrogens is 3. The summed E-state index contributed by atoms with van der Waals surface area (Å²) in [5, 5.41) is 15.2. The van der Waals surface area contributed by atoms with Gasteiger partial charge in [-0.1, -0.05) is 12.6 Å². The van der Waals surface area contributed by atoms with Crippen LogP contribution in [0.25, 0.3) is 10.9 Å². The molecular weight excluding hydrogens is 430 g/mol. The van der Waals surface area contributed by atoms with Gasteiger partial charge in [0.1, 0.15) is 12.4 Å². The first-order valence-corrected chi connectivity index (χ1v) is 9.60. The average molecular weight is 446 g/mol. The van der Waals surface area contributed by atoms with Crippen molar-refractivity contribution in [2.24, 2.45) is 0 Å². The molecule has 0 bridgehead atoms. The molecule has 0 saturated heterocycles. The number of benzene rings is 2. The Bertz CT molecular complexity index is 1440. The highest BCUT2D eigenvalue weighted by molar-refractivity contribution is 5.99. The number of nitrogens with zero attached hydrogens (tertiary/aromatic N) is 3. The van der Waals surface area contributed by atoms with Crippen LogP contribution in [0.2, 0.25) is 0 Å². The standard InChI is InChI=1S/C23H16F2N6O2/c1-3-19(32)30-13-5-4-6-14(8-13)31-22-16(10-26)23(28-11-27-22)33-18-9-17(24)21-15(20(18)25)7-12(2)29-21/h3-9,11,29H,1H2,2H3,(H,30,32)(H,27,28,31). The molecule has 2 heterocycles. The molecule has 10 heteroatoms. The van der Waals surface area contributed by atoms with Gasteiger partial charge in [0.15, 0.2) is 28.8 Å². The van der Waals surface area contributed by atoms with Crippen molar-refractivity contribution in [3.05, 3.63) is 78.3 Å². The van der Waals surface area contributed by atoms with Crippen LogP contribution in [0, 0.1) is 29.9 Å². The number of hydrogen-bond donors (Lipinski definition) is 3. The highest BCUT2D eigenvalue weighted by Crippen LogP contribution is 2.34. The summed E-state index contributed by atoms with van der Waals surface area (Å²) in [6.07, 6.45) is 2.26. The largest absolute Gasteiger partial charge is 0.434 e. The molecule has 0 spiro atoms. The normalized spacial score (nSPS) is 10.5. The number of hydrogen-bond acceptors (Lipinski definition) is 6. The lowest BCUT2D eigenvalue weighted by Crippen LogP contribution is -2.07. The second-order valence-electron chi connectivity index (χ2n) is 6.93. The van der Waals surface area contributed by atoms with E-state index >= 15 is 0 Å². The number of ether oxygens (including phenoxy) is 1. The summed E-state index contributed by atoms with van der Waals surface area (Å²) in [6.45, 7) is 5.07. The Balaban J connectivity index is 1.67. The van der Waals surface area contributed by atoms with Gasteiger partial charge in [-0.15, -0.1) is 0 Å². The van der Waals surface area contributed by atoms with E-state index in [1.165, 1.54) is 6.07 Å². The van der Waals surface area contributed by atoms with Crippen molar-refractivity contribution in [1.29, 1.82) is 5.26 Å². The molecule has 0 atom stereocenters. The van der Waals surface area contributed by atoms with E-state index in [0.717, 1.165) is 18.5 Å². The van der Waals surface area contributed by atoms with Crippen LogP contribution < -0.4 is 15.4 Å². The Morgan fingerprint density at radius 3 is 2.79 bits per heavy atom. The Morgan fingerprint density at radius 1 is 1.24 bits per heavy atom. The van der Waals surface area contributed by atoms with Crippen LogP contribution in [-0.4, -0.2) is 20.9 Å². The lowest BCUT2D eigenvalue weighted by molar-refractivity contribution is -0.111. The zero-order valence-electron chi connectivity index (χ0n) is 17.2. The number of nitrogens with one attached hydrogen (secondary N) is 3. The van der Waals surface area contributed by atoms with Crippen LogP contribution in [0.3, 0.4) is 0 Å². The fraction of sp³-hybridized carbons (Fsp3) is 0.0435. The van der Waals surface area contributed by atoms with Crippen molar-refractivity contribution < 1.29 is 18.3 Å². The molecule has 8 nitrogen and oxygen atoms in total. The van der Waals surface area contributed by atoms with E-state index in [-0.39, 0.29) is 34.1 Å². The second-order valence-corrected chi connectivity index (χ2v) is 6.93. The van der Waals surface area contributed by atoms with Gasteiger partial charge in [0.25, 0.3) is 0 Å². The molecule has 4 rings (SSSR count). The molecule has 0 fully saturated rings. The van der Waals surface area contributed by atoms with Crippen LogP contribution in [-0.2, 0) is 4.79 Å². The number of H-pyrrole nitrogens is 1. The molecule has 0 saturated carbocycles. The maximum Gasteiger partial charge on any atom is 0.247 e. The minimum absolute atomic E-state index is 0.0197. The lowest BCUT2D eigenvalue weighted by atomic mass is 10.2. The Labute approximate surface area is 186 Å². The summed E-state index contributed by atoms with van der Waals surface area (Å²) in [6, 6.07) is 10.9. The van der Waals surface area contributed by atoms with Crippen molar-refractivity contribution in [2.45, 2.75) is 6.92 Å². The highest BCUT2D eigenvalue weighted by Gasteiger charge is 2.20. The third-order valence-corrected chi connectivity index (χ3v) is 4.61. The summed E-state index contributed by atoms with van der Waals surface area (Å²) in [5.74, 6) is -2.48. The summed E-state index contributed by atoms with van der Waals surface area (Å²) >= 11 is 0. The monoisotopic (exact) mass is 446 g/mol. The van der Waals surface area contributed by atoms with Gasteiger partial charge in [-0.25, -0.2) is 18.7 Å². The Morgan fingerprint density at radius 2 is 2.03 bits per heavy atom. The molecule has 1 amide bonds. The minimum atomic E-state index is -0.793. The van der Waals surface area contributed by atoms with E-state index in [9.17, 15) is 18.8 Å². The first-order valence-electron chi connectivity index (χ1n) is 9.60. The van der Waals surface area contributed by atoms with Crippen LogP contribution in [0.15, 0.2) is 55.4 Å². The van der Waals surface area contributed by atoms with E-state index in [4.69, 9.17) is 4.74 Å². The molecule has 4 aromatic rings. The topological polar surface area (TPSA) is 116 Å². The van der Waals surface area contributed by atoms with Gasteiger partial charge in [0.05, 0.1) is 5.52 Å². The number of fused-ring (bicyclic) bond motifs is 1. The molecule has 0 aliphatic rings. The number of nitriles is 1. The average Bonchev–Trinajstić information content (AvgIpc) is 3.20. The van der Waals surface area contributed by atoms with Gasteiger partial charge in [-0.05, 0) is 37.3 Å². The van der Waals surface area contributed by atoms with E-state index in [2.05, 4.69) is 32.2 Å². The SMILES string of the molecule is C=CC(=O)Nc1cccc(Nc2ncnc(Oc3cc(F)c4[nH]c(C)cc4c3F)c2C#N)c1. The zero-order chi connectivity index (χ0) is 23.5. The predicted molar refractivity (Wildman–Crippen MR) is 118 cm³/mol. The second kappa shape index (κ2) is 8.76. The Kier molecular flexibility index (Phi) is 5.69. The third kappa shape index (κ3) is 4.33. The van der Waals surface area contributed by atoms with Crippen molar-refractivity contribution in [2.75, 3.05) is 10.6 Å². The number of carbonyl (C=O) groups excluding carboxylic acids is 1. The van der Waals surface area contributed by atoms with Crippen LogP contribution in [0.5, 0.6) is 11.6 Å². The van der Waals surface area contributed by atoms with E-state index in [0.29, 0.717) is 17.1 Å². The summed E-state index contributed by atoms with van der Waals surface area (Å²) < 4.78 is 34.8. The Hall–Kier alpha value is -4.78. The van der Waals surface area contributed by atoms with Gasteiger partial charge >= 0.3 is 0 Å². The van der Waals surface area contributed by atoms with Crippen LogP contribution in [0.4, 0.5) is 26.0 Å². The van der Waals surface area contributed by atoms with Crippen molar-refractivity contribution in [3.63, 3.8) is 0 Å². The highest BCUT2D eigenvalue weighted by atomic mass is 19.1. The summed E-state index contributed by atoms with van der Waals surface area (Å²) in [5.41, 5.74) is 1.47. The van der Waals surface area contributed by atoms with Crippen molar-refractivity contribution >= 4 is 34.0 Å². The fourth-order valence-corrected chi connectivity index (χ4v) is 3.16. The van der Waals surface area contributed by atoms with E-state index in [1.807, 2.05) is 6.07 Å². The molecule has 3 N–H and O–H groups in total. The number of aromatic amines is 1. The van der Waals surface area contributed by atoms with Crippen LogP contribution >= 0.6 is 0 Å². The molecular formula is C23H16F2N6O2. The lowest BCUT2D eigenvalue weighted by Gasteiger charge is -2.12. The number of anilines is 3. The number of amides is 1. The first kappa shape index (κ1) is 21.5. The van der Waals surface area contributed by atoms with Crippen LogP contribution in [0.1, 0.15) is 11.3 Å². The molecule has 0 radical (unpaired) electrons. The molecule has 33 heavy (non-hydrogen) atoms. The maximum atomic E-state index is 14.9. The summed E-state index contributed by atoms with van der Waals surface area (Å²) in [7, 11) is 0. The number of carbonyl (C=O) groups is 1. The van der Waals surface area contributed by atoms with E-state index < -0.39 is 17.4 Å². The number of rotatable bonds is 6. The smallest absolute Gasteiger partial charge is 0.247 e. The van der Waals surface area contributed by atoms with Gasteiger partial charge in [0, 0.05) is 28.5 Å². The number of aryl methyl sites for hydroxylation is 1. The number of halogens is 2. The quantitative estimate of drug-likeness (QED) is 0.356. The zero-order valence-corrected chi connectivity index (χ0v) is 17.2. The van der Waals surface area contributed by atoms with Crippen molar-refractivity contribution in [1.82, 2.24) is 15.0 Å². The summed E-state index contributed by atoms with van der Waals surface area (Å²) in [4.78, 5) is 22.2. The van der Waals surface area contributed by atoms with Gasteiger partial charge in [-0.3, -0.25) is 4.79 Å². The maximum absolute atomic E-state index is 14.9. The third-order valence-electron chi connectivity index (χ3n) is 4.61. The molecule has 2 aromatic heterocycles. The molecule has 0 aliphatic carbocycles. The minimum Gasteiger partial charge on any atom is -0.434 e. The molecule has 0 aliphatic heterocycles. The molecule has 0 unspecified atom stereocenters. The van der Waals surface area contributed by atoms with E-state index in [1.54, 1.807) is 31.2 Å². The van der Waals surface area contributed by atoms with Gasteiger partial charge in [-0.2, -0.15) is 5.26 Å². The molecule has 2 aromatic carbocycles.